The maximum absolute atomic E-state index is 12.4. The molecule has 0 spiro atoms. The van der Waals surface area contributed by atoms with Crippen LogP contribution in [-0.4, -0.2) is 18.6 Å². The van der Waals surface area contributed by atoms with Crippen molar-refractivity contribution in [1.29, 1.82) is 0 Å². The number of hydrogen-bond donors (Lipinski definition) is 1. The summed E-state index contributed by atoms with van der Waals surface area (Å²) in [6, 6.07) is 15.1. The predicted molar refractivity (Wildman–Crippen MR) is 96.7 cm³/mol. The number of benzene rings is 2. The van der Waals surface area contributed by atoms with Crippen molar-refractivity contribution in [3.63, 3.8) is 0 Å². The second-order valence-corrected chi connectivity index (χ2v) is 5.64. The van der Waals surface area contributed by atoms with E-state index >= 15 is 0 Å². The highest BCUT2D eigenvalue weighted by atomic mass is 16.5. The summed E-state index contributed by atoms with van der Waals surface area (Å²) in [6.07, 6.45) is 1.03. The van der Waals surface area contributed by atoms with E-state index in [1.807, 2.05) is 62.4 Å². The smallest absolute Gasteiger partial charge is 0.265 e. The van der Waals surface area contributed by atoms with Crippen molar-refractivity contribution < 1.29 is 14.3 Å². The number of ether oxygens (including phenoxy) is 2. The zero-order valence-corrected chi connectivity index (χ0v) is 14.5. The van der Waals surface area contributed by atoms with E-state index in [1.165, 1.54) is 0 Å². The Kier molecular flexibility index (Phi) is 6.67. The maximum Gasteiger partial charge on any atom is 0.265 e. The van der Waals surface area contributed by atoms with Crippen LogP contribution in [0.3, 0.4) is 0 Å². The van der Waals surface area contributed by atoms with Crippen molar-refractivity contribution in [2.75, 3.05) is 11.9 Å². The first-order valence-electron chi connectivity index (χ1n) is 8.40. The first-order chi connectivity index (χ1) is 11.6. The van der Waals surface area contributed by atoms with Gasteiger partial charge in [-0.15, -0.1) is 0 Å². The van der Waals surface area contributed by atoms with E-state index in [0.29, 0.717) is 13.0 Å². The Morgan fingerprint density at radius 3 is 2.42 bits per heavy atom. The van der Waals surface area contributed by atoms with Crippen LogP contribution in [-0.2, 0) is 4.79 Å². The number of nitrogens with one attached hydrogen (secondary N) is 1. The molecular weight excluding hydrogens is 302 g/mol. The number of hydrogen-bond acceptors (Lipinski definition) is 3. The second kappa shape index (κ2) is 8.96. The SMILES string of the molecule is CCCOc1ccc(NC(=O)[C@@H](CC)Oc2ccccc2C)cc1. The second-order valence-electron chi connectivity index (χ2n) is 5.64. The first-order valence-corrected chi connectivity index (χ1v) is 8.40. The van der Waals surface area contributed by atoms with Gasteiger partial charge in [0.05, 0.1) is 6.61 Å². The van der Waals surface area contributed by atoms with E-state index < -0.39 is 6.10 Å². The Bertz CT molecular complexity index is 652. The van der Waals surface area contributed by atoms with E-state index in [9.17, 15) is 4.79 Å². The highest BCUT2D eigenvalue weighted by molar-refractivity contribution is 5.94. The van der Waals surface area contributed by atoms with Crippen LogP contribution in [0.4, 0.5) is 5.69 Å². The standard InChI is InChI=1S/C20H25NO3/c1-4-14-23-17-12-10-16(11-13-17)21-20(22)18(5-2)24-19-9-7-6-8-15(19)3/h6-13,18H,4-5,14H2,1-3H3,(H,21,22)/t18-/m1/s1. The lowest BCUT2D eigenvalue weighted by Gasteiger charge is -2.18. The summed E-state index contributed by atoms with van der Waals surface area (Å²) >= 11 is 0. The molecule has 0 aliphatic heterocycles. The van der Waals surface area contributed by atoms with Crippen molar-refractivity contribution in [2.45, 2.75) is 39.7 Å². The third-order valence-electron chi connectivity index (χ3n) is 3.62. The minimum absolute atomic E-state index is 0.150. The minimum atomic E-state index is -0.526. The van der Waals surface area contributed by atoms with Crippen molar-refractivity contribution in [1.82, 2.24) is 0 Å². The Hall–Kier alpha value is -2.49. The fourth-order valence-electron chi connectivity index (χ4n) is 2.24. The largest absolute Gasteiger partial charge is 0.494 e. The van der Waals surface area contributed by atoms with Crippen LogP contribution < -0.4 is 14.8 Å². The van der Waals surface area contributed by atoms with Gasteiger partial charge in [0.15, 0.2) is 6.10 Å². The Labute approximate surface area is 143 Å². The topological polar surface area (TPSA) is 47.6 Å². The van der Waals surface area contributed by atoms with Gasteiger partial charge in [-0.3, -0.25) is 4.79 Å². The van der Waals surface area contributed by atoms with E-state index in [-0.39, 0.29) is 5.91 Å². The van der Waals surface area contributed by atoms with Gasteiger partial charge in [-0.05, 0) is 55.7 Å². The molecule has 0 saturated carbocycles. The summed E-state index contributed by atoms with van der Waals surface area (Å²) < 4.78 is 11.4. The number of para-hydroxylation sites is 1. The molecule has 0 saturated heterocycles. The van der Waals surface area contributed by atoms with Crippen molar-refractivity contribution >= 4 is 11.6 Å². The molecule has 1 atom stereocenters. The summed E-state index contributed by atoms with van der Waals surface area (Å²) in [6.45, 7) is 6.65. The lowest BCUT2D eigenvalue weighted by molar-refractivity contribution is -0.122. The molecule has 128 valence electrons. The number of aryl methyl sites for hydroxylation is 1. The van der Waals surface area contributed by atoms with Gasteiger partial charge in [0.25, 0.3) is 5.91 Å². The molecule has 4 nitrogen and oxygen atoms in total. The molecule has 24 heavy (non-hydrogen) atoms. The molecule has 2 aromatic carbocycles. The summed E-state index contributed by atoms with van der Waals surface area (Å²) in [5.74, 6) is 1.39. The molecule has 0 unspecified atom stereocenters. The van der Waals surface area contributed by atoms with Gasteiger partial charge in [-0.1, -0.05) is 32.0 Å². The lowest BCUT2D eigenvalue weighted by Crippen LogP contribution is -2.32. The monoisotopic (exact) mass is 327 g/mol. The van der Waals surface area contributed by atoms with Crippen LogP contribution in [0.2, 0.25) is 0 Å². The molecule has 0 fully saturated rings. The van der Waals surface area contributed by atoms with Crippen molar-refractivity contribution in [2.24, 2.45) is 0 Å². The average Bonchev–Trinajstić information content (AvgIpc) is 2.60. The number of carbonyl (C=O) groups excluding carboxylic acids is 1. The third kappa shape index (κ3) is 5.01. The van der Waals surface area contributed by atoms with Crippen LogP contribution >= 0.6 is 0 Å². The van der Waals surface area contributed by atoms with Gasteiger partial charge in [-0.25, -0.2) is 0 Å². The van der Waals surface area contributed by atoms with Crippen LogP contribution in [0.1, 0.15) is 32.3 Å². The van der Waals surface area contributed by atoms with Crippen molar-refractivity contribution in [3.05, 3.63) is 54.1 Å². The van der Waals surface area contributed by atoms with Crippen LogP contribution in [0, 0.1) is 6.92 Å². The van der Waals surface area contributed by atoms with E-state index in [1.54, 1.807) is 0 Å². The molecule has 0 radical (unpaired) electrons. The first kappa shape index (κ1) is 17.9. The van der Waals surface area contributed by atoms with Gasteiger partial charge >= 0.3 is 0 Å². The molecule has 1 N–H and O–H groups in total. The summed E-state index contributed by atoms with van der Waals surface area (Å²) in [5.41, 5.74) is 1.75. The van der Waals surface area contributed by atoms with Gasteiger partial charge in [0.1, 0.15) is 11.5 Å². The fourth-order valence-corrected chi connectivity index (χ4v) is 2.24. The lowest BCUT2D eigenvalue weighted by atomic mass is 10.2. The predicted octanol–water partition coefficient (Wildman–Crippen LogP) is 4.58. The van der Waals surface area contributed by atoms with Crippen molar-refractivity contribution in [3.8, 4) is 11.5 Å². The number of amides is 1. The van der Waals surface area contributed by atoms with E-state index in [0.717, 1.165) is 29.2 Å². The number of anilines is 1. The molecular formula is C20H25NO3. The number of carbonyl (C=O) groups is 1. The highest BCUT2D eigenvalue weighted by Gasteiger charge is 2.19. The molecule has 1 amide bonds. The van der Waals surface area contributed by atoms with Gasteiger partial charge < -0.3 is 14.8 Å². The highest BCUT2D eigenvalue weighted by Crippen LogP contribution is 2.20. The van der Waals surface area contributed by atoms with Gasteiger partial charge in [0, 0.05) is 5.69 Å². The van der Waals surface area contributed by atoms with Crippen LogP contribution in [0.15, 0.2) is 48.5 Å². The molecule has 0 aliphatic rings. The van der Waals surface area contributed by atoms with Gasteiger partial charge in [-0.2, -0.15) is 0 Å². The Morgan fingerprint density at radius 1 is 1.08 bits per heavy atom. The van der Waals surface area contributed by atoms with Crippen LogP contribution in [0.5, 0.6) is 11.5 Å². The maximum atomic E-state index is 12.4. The average molecular weight is 327 g/mol. The van der Waals surface area contributed by atoms with Crippen LogP contribution in [0.25, 0.3) is 0 Å². The Balaban J connectivity index is 1.97. The van der Waals surface area contributed by atoms with E-state index in [2.05, 4.69) is 12.2 Å². The molecule has 0 heterocycles. The molecule has 0 aromatic heterocycles. The zero-order chi connectivity index (χ0) is 17.4. The molecule has 4 heteroatoms. The Morgan fingerprint density at radius 2 is 1.79 bits per heavy atom. The normalized spacial score (nSPS) is 11.6. The molecule has 2 rings (SSSR count). The zero-order valence-electron chi connectivity index (χ0n) is 14.5. The summed E-state index contributed by atoms with van der Waals surface area (Å²) in [4.78, 5) is 12.4. The molecule has 0 bridgehead atoms. The third-order valence-corrected chi connectivity index (χ3v) is 3.62. The van der Waals surface area contributed by atoms with Gasteiger partial charge in [0.2, 0.25) is 0 Å². The molecule has 0 aliphatic carbocycles. The fraction of sp³-hybridized carbons (Fsp3) is 0.350. The number of rotatable bonds is 8. The summed E-state index contributed by atoms with van der Waals surface area (Å²) in [7, 11) is 0. The quantitative estimate of drug-likeness (QED) is 0.772. The van der Waals surface area contributed by atoms with E-state index in [4.69, 9.17) is 9.47 Å². The molecule has 2 aromatic rings. The summed E-state index contributed by atoms with van der Waals surface area (Å²) in [5, 5.41) is 2.90. The minimum Gasteiger partial charge on any atom is -0.494 e.